The second kappa shape index (κ2) is 2.53. The number of allylic oxidation sites excluding steroid dienone is 1. The fourth-order valence-corrected chi connectivity index (χ4v) is 0.394. The molecule has 0 aromatic carbocycles. The first-order valence-corrected chi connectivity index (χ1v) is 2.23. The van der Waals surface area contributed by atoms with Crippen molar-refractivity contribution in [2.45, 2.75) is 0 Å². The van der Waals surface area contributed by atoms with Crippen molar-refractivity contribution in [3.8, 4) is 0 Å². The molecular formula is C5H7NO. The van der Waals surface area contributed by atoms with Crippen molar-refractivity contribution in [2.24, 2.45) is 4.99 Å². The van der Waals surface area contributed by atoms with Gasteiger partial charge in [0, 0.05) is 6.21 Å². The lowest BCUT2D eigenvalue weighted by Crippen LogP contribution is -1.86. The first-order valence-electron chi connectivity index (χ1n) is 2.23. The van der Waals surface area contributed by atoms with Crippen molar-refractivity contribution >= 4 is 6.21 Å². The van der Waals surface area contributed by atoms with E-state index in [-0.39, 0.29) is 0 Å². The van der Waals surface area contributed by atoms with Gasteiger partial charge in [-0.1, -0.05) is 6.08 Å². The van der Waals surface area contributed by atoms with Gasteiger partial charge in [0.2, 0.25) is 0 Å². The first kappa shape index (κ1) is 4.53. The van der Waals surface area contributed by atoms with Crippen molar-refractivity contribution in [3.05, 3.63) is 12.2 Å². The lowest BCUT2D eigenvalue weighted by atomic mass is 10.5. The lowest BCUT2D eigenvalue weighted by Gasteiger charge is -1.87. The second-order valence-electron chi connectivity index (χ2n) is 1.26. The average molecular weight is 97.1 g/mol. The van der Waals surface area contributed by atoms with Crippen LogP contribution in [0.15, 0.2) is 17.1 Å². The van der Waals surface area contributed by atoms with E-state index in [1.165, 1.54) is 0 Å². The molecule has 0 radical (unpaired) electrons. The third-order valence-corrected chi connectivity index (χ3v) is 0.707. The minimum Gasteiger partial charge on any atom is -0.355 e. The third kappa shape index (κ3) is 1.50. The molecule has 0 bridgehead atoms. The van der Waals surface area contributed by atoms with Crippen molar-refractivity contribution in [2.75, 3.05) is 13.3 Å². The van der Waals surface area contributed by atoms with Crippen LogP contribution in [0.3, 0.4) is 0 Å². The van der Waals surface area contributed by atoms with Crippen LogP contribution in [0.1, 0.15) is 0 Å². The molecule has 0 aliphatic carbocycles. The van der Waals surface area contributed by atoms with E-state index in [0.29, 0.717) is 13.3 Å². The van der Waals surface area contributed by atoms with Gasteiger partial charge < -0.3 is 4.74 Å². The molecular weight excluding hydrogens is 90.1 g/mol. The summed E-state index contributed by atoms with van der Waals surface area (Å²) >= 11 is 0. The van der Waals surface area contributed by atoms with E-state index in [0.717, 1.165) is 0 Å². The molecule has 2 nitrogen and oxygen atoms in total. The minimum absolute atomic E-state index is 0.507. The molecule has 1 aliphatic heterocycles. The molecule has 38 valence electrons. The Morgan fingerprint density at radius 1 is 1.57 bits per heavy atom. The van der Waals surface area contributed by atoms with Gasteiger partial charge in [-0.05, 0) is 6.08 Å². The highest BCUT2D eigenvalue weighted by Gasteiger charge is 1.79. The highest BCUT2D eigenvalue weighted by Crippen LogP contribution is 1.81. The van der Waals surface area contributed by atoms with Crippen LogP contribution in [0.25, 0.3) is 0 Å². The topological polar surface area (TPSA) is 21.6 Å². The molecule has 7 heavy (non-hydrogen) atoms. The first-order chi connectivity index (χ1) is 3.50. The van der Waals surface area contributed by atoms with E-state index in [1.807, 2.05) is 12.2 Å². The summed E-state index contributed by atoms with van der Waals surface area (Å²) in [6.45, 7) is 1.20. The Labute approximate surface area is 42.5 Å². The summed E-state index contributed by atoms with van der Waals surface area (Å²) in [5, 5.41) is 0. The Morgan fingerprint density at radius 2 is 2.57 bits per heavy atom. The maximum absolute atomic E-state index is 4.91. The molecule has 0 spiro atoms. The SMILES string of the molecule is C1=CCOCN=C1. The molecule has 0 amide bonds. The summed E-state index contributed by atoms with van der Waals surface area (Å²) in [5.41, 5.74) is 0. The minimum atomic E-state index is 0.507. The lowest BCUT2D eigenvalue weighted by molar-refractivity contribution is 0.173. The zero-order valence-corrected chi connectivity index (χ0v) is 4.00. The second-order valence-corrected chi connectivity index (χ2v) is 1.26. The van der Waals surface area contributed by atoms with Crippen LogP contribution < -0.4 is 0 Å². The highest BCUT2D eigenvalue weighted by molar-refractivity contribution is 5.70. The number of nitrogens with zero attached hydrogens (tertiary/aromatic N) is 1. The van der Waals surface area contributed by atoms with Crippen molar-refractivity contribution in [1.82, 2.24) is 0 Å². The van der Waals surface area contributed by atoms with E-state index in [4.69, 9.17) is 4.74 Å². The molecule has 1 heterocycles. The molecule has 0 unspecified atom stereocenters. The van der Waals surface area contributed by atoms with E-state index in [9.17, 15) is 0 Å². The van der Waals surface area contributed by atoms with Gasteiger partial charge in [0.05, 0.1) is 6.61 Å². The van der Waals surface area contributed by atoms with Crippen LogP contribution in [0.5, 0.6) is 0 Å². The number of aliphatic imine (C=N–C) groups is 1. The zero-order valence-electron chi connectivity index (χ0n) is 4.00. The Bertz CT molecular complexity index is 84.3. The van der Waals surface area contributed by atoms with Crippen molar-refractivity contribution < 1.29 is 4.74 Å². The van der Waals surface area contributed by atoms with Crippen LogP contribution in [-0.2, 0) is 4.74 Å². The van der Waals surface area contributed by atoms with Gasteiger partial charge in [0.15, 0.2) is 0 Å². The van der Waals surface area contributed by atoms with Gasteiger partial charge in [-0.25, -0.2) is 0 Å². The van der Waals surface area contributed by atoms with Crippen LogP contribution >= 0.6 is 0 Å². The molecule has 0 aromatic rings. The Hall–Kier alpha value is -0.630. The zero-order chi connectivity index (χ0) is 4.95. The molecule has 1 rings (SSSR count). The number of rotatable bonds is 0. The van der Waals surface area contributed by atoms with Gasteiger partial charge in [-0.2, -0.15) is 0 Å². The van der Waals surface area contributed by atoms with Gasteiger partial charge >= 0.3 is 0 Å². The molecule has 0 atom stereocenters. The maximum atomic E-state index is 4.91. The number of hydrogen-bond donors (Lipinski definition) is 0. The van der Waals surface area contributed by atoms with Gasteiger partial charge in [-0.15, -0.1) is 0 Å². The van der Waals surface area contributed by atoms with E-state index in [2.05, 4.69) is 4.99 Å². The predicted molar refractivity (Wildman–Crippen MR) is 28.5 cm³/mol. The van der Waals surface area contributed by atoms with Gasteiger partial charge in [-0.3, -0.25) is 4.99 Å². The molecule has 0 N–H and O–H groups in total. The van der Waals surface area contributed by atoms with E-state index >= 15 is 0 Å². The molecule has 0 fully saturated rings. The van der Waals surface area contributed by atoms with Crippen LogP contribution in [-0.4, -0.2) is 19.6 Å². The molecule has 0 saturated heterocycles. The van der Waals surface area contributed by atoms with Crippen molar-refractivity contribution in [3.63, 3.8) is 0 Å². The fourth-order valence-electron chi connectivity index (χ4n) is 0.394. The quantitative estimate of drug-likeness (QED) is 0.433. The van der Waals surface area contributed by atoms with Crippen LogP contribution in [0, 0.1) is 0 Å². The van der Waals surface area contributed by atoms with E-state index < -0.39 is 0 Å². The Morgan fingerprint density at radius 3 is 3.57 bits per heavy atom. The summed E-state index contributed by atoms with van der Waals surface area (Å²) in [7, 11) is 0. The smallest absolute Gasteiger partial charge is 0.137 e. The molecule has 0 saturated carbocycles. The van der Waals surface area contributed by atoms with E-state index in [1.54, 1.807) is 6.21 Å². The fraction of sp³-hybridized carbons (Fsp3) is 0.400. The summed E-state index contributed by atoms with van der Waals surface area (Å²) in [6.07, 6.45) is 5.55. The van der Waals surface area contributed by atoms with Crippen molar-refractivity contribution in [1.29, 1.82) is 0 Å². The standard InChI is InChI=1S/C5H7NO/c1-2-4-7-5-6-3-1/h1-3H,4-5H2. The highest BCUT2D eigenvalue weighted by atomic mass is 16.5. The van der Waals surface area contributed by atoms with Gasteiger partial charge in [0.25, 0.3) is 0 Å². The largest absolute Gasteiger partial charge is 0.355 e. The molecule has 0 aromatic heterocycles. The normalized spacial score (nSPS) is 19.4. The summed E-state index contributed by atoms with van der Waals surface area (Å²) in [5.74, 6) is 0. The maximum Gasteiger partial charge on any atom is 0.137 e. The summed E-state index contributed by atoms with van der Waals surface area (Å²) < 4.78 is 4.91. The van der Waals surface area contributed by atoms with Crippen LogP contribution in [0.4, 0.5) is 0 Å². The van der Waals surface area contributed by atoms with Crippen LogP contribution in [0.2, 0.25) is 0 Å². The third-order valence-electron chi connectivity index (χ3n) is 0.707. The van der Waals surface area contributed by atoms with Gasteiger partial charge in [0.1, 0.15) is 6.73 Å². The number of hydrogen-bond acceptors (Lipinski definition) is 2. The molecule has 2 heteroatoms. The summed E-state index contributed by atoms with van der Waals surface area (Å²) in [4.78, 5) is 3.84. The Balaban J connectivity index is 2.39. The Kier molecular flexibility index (Phi) is 1.63. The monoisotopic (exact) mass is 97.1 g/mol. The average Bonchev–Trinajstić information content (AvgIpc) is 1.90. The molecule has 1 aliphatic rings. The predicted octanol–water partition coefficient (Wildman–Crippen LogP) is 0.601. The summed E-state index contributed by atoms with van der Waals surface area (Å²) in [6, 6.07) is 0. The number of ether oxygens (including phenoxy) is 1.